The zero-order chi connectivity index (χ0) is 10.1. The first-order chi connectivity index (χ1) is 6.20. The van der Waals surface area contributed by atoms with Gasteiger partial charge in [-0.3, -0.25) is 11.3 Å². The Hall–Kier alpha value is -0.120. The molecule has 1 unspecified atom stereocenters. The first kappa shape index (κ1) is 12.9. The van der Waals surface area contributed by atoms with Gasteiger partial charge < -0.3 is 4.74 Å². The van der Waals surface area contributed by atoms with Crippen molar-refractivity contribution in [2.75, 3.05) is 13.2 Å². The van der Waals surface area contributed by atoms with Crippen LogP contribution in [0.25, 0.3) is 0 Å². The minimum Gasteiger partial charge on any atom is -0.382 e. The van der Waals surface area contributed by atoms with Gasteiger partial charge in [0, 0.05) is 19.3 Å². The van der Waals surface area contributed by atoms with Crippen molar-refractivity contribution in [1.29, 1.82) is 0 Å². The van der Waals surface area contributed by atoms with Gasteiger partial charge >= 0.3 is 0 Å². The zero-order valence-electron chi connectivity index (χ0n) is 9.18. The lowest BCUT2D eigenvalue weighted by Crippen LogP contribution is -2.36. The molecule has 1 atom stereocenters. The van der Waals surface area contributed by atoms with Gasteiger partial charge in [0.2, 0.25) is 0 Å². The van der Waals surface area contributed by atoms with Gasteiger partial charge in [0.25, 0.3) is 0 Å². The molecule has 0 aromatic carbocycles. The molecule has 3 N–H and O–H groups in total. The number of ether oxygens (including phenoxy) is 1. The summed E-state index contributed by atoms with van der Waals surface area (Å²) in [5.74, 6) is 6.19. The first-order valence-corrected chi connectivity index (χ1v) is 5.24. The van der Waals surface area contributed by atoms with E-state index in [9.17, 15) is 0 Å². The fraction of sp³-hybridized carbons (Fsp3) is 1.00. The molecule has 3 heteroatoms. The summed E-state index contributed by atoms with van der Waals surface area (Å²) in [7, 11) is 0. The summed E-state index contributed by atoms with van der Waals surface area (Å²) in [4.78, 5) is 0. The topological polar surface area (TPSA) is 47.3 Å². The number of hydrazine groups is 1. The SMILES string of the molecule is CCOCCC(CCC(C)C)NN. The molecule has 0 aromatic heterocycles. The van der Waals surface area contributed by atoms with E-state index in [1.807, 2.05) is 6.92 Å². The molecule has 0 aliphatic heterocycles. The average Bonchev–Trinajstić information content (AvgIpc) is 2.10. The first-order valence-electron chi connectivity index (χ1n) is 5.24. The molecule has 0 bridgehead atoms. The van der Waals surface area contributed by atoms with E-state index in [-0.39, 0.29) is 0 Å². The van der Waals surface area contributed by atoms with Crippen LogP contribution >= 0.6 is 0 Å². The van der Waals surface area contributed by atoms with Crippen LogP contribution in [-0.4, -0.2) is 19.3 Å². The van der Waals surface area contributed by atoms with Gasteiger partial charge in [0.15, 0.2) is 0 Å². The fourth-order valence-electron chi connectivity index (χ4n) is 1.22. The number of rotatable bonds is 8. The summed E-state index contributed by atoms with van der Waals surface area (Å²) < 4.78 is 5.28. The van der Waals surface area contributed by atoms with Crippen molar-refractivity contribution in [3.8, 4) is 0 Å². The van der Waals surface area contributed by atoms with Crippen molar-refractivity contribution in [2.45, 2.75) is 46.1 Å². The molecule has 0 amide bonds. The van der Waals surface area contributed by atoms with Crippen molar-refractivity contribution in [3.05, 3.63) is 0 Å². The Morgan fingerprint density at radius 1 is 1.23 bits per heavy atom. The predicted octanol–water partition coefficient (Wildman–Crippen LogP) is 1.68. The molecule has 0 spiro atoms. The maximum absolute atomic E-state index is 5.44. The Morgan fingerprint density at radius 3 is 2.38 bits per heavy atom. The lowest BCUT2D eigenvalue weighted by molar-refractivity contribution is 0.134. The van der Waals surface area contributed by atoms with Gasteiger partial charge in [-0.2, -0.15) is 0 Å². The molecular formula is C10H24N2O. The third-order valence-corrected chi connectivity index (χ3v) is 2.14. The van der Waals surface area contributed by atoms with Crippen molar-refractivity contribution >= 4 is 0 Å². The van der Waals surface area contributed by atoms with E-state index >= 15 is 0 Å². The minimum atomic E-state index is 0.411. The Labute approximate surface area is 82.0 Å². The Bertz CT molecular complexity index is 107. The molecule has 0 saturated carbocycles. The molecular weight excluding hydrogens is 164 g/mol. The molecule has 0 saturated heterocycles. The smallest absolute Gasteiger partial charge is 0.0481 e. The predicted molar refractivity (Wildman–Crippen MR) is 56.3 cm³/mol. The standard InChI is InChI=1S/C10H24N2O/c1-4-13-8-7-10(12-11)6-5-9(2)3/h9-10,12H,4-8,11H2,1-3H3. The van der Waals surface area contributed by atoms with Crippen LogP contribution in [0.4, 0.5) is 0 Å². The highest BCUT2D eigenvalue weighted by Crippen LogP contribution is 2.08. The third kappa shape index (κ3) is 8.22. The second-order valence-corrected chi connectivity index (χ2v) is 3.82. The number of hydrogen-bond donors (Lipinski definition) is 2. The van der Waals surface area contributed by atoms with Gasteiger partial charge in [0.05, 0.1) is 0 Å². The van der Waals surface area contributed by atoms with Gasteiger partial charge in [-0.05, 0) is 32.1 Å². The Morgan fingerprint density at radius 2 is 1.92 bits per heavy atom. The largest absolute Gasteiger partial charge is 0.382 e. The molecule has 80 valence electrons. The summed E-state index contributed by atoms with van der Waals surface area (Å²) in [6.07, 6.45) is 3.37. The molecule has 0 fully saturated rings. The maximum Gasteiger partial charge on any atom is 0.0481 e. The lowest BCUT2D eigenvalue weighted by atomic mass is 10.0. The molecule has 3 nitrogen and oxygen atoms in total. The van der Waals surface area contributed by atoms with E-state index < -0.39 is 0 Å². The van der Waals surface area contributed by atoms with E-state index in [0.717, 1.165) is 32.0 Å². The van der Waals surface area contributed by atoms with E-state index in [2.05, 4.69) is 19.3 Å². The zero-order valence-corrected chi connectivity index (χ0v) is 9.18. The van der Waals surface area contributed by atoms with Crippen molar-refractivity contribution in [1.82, 2.24) is 5.43 Å². The summed E-state index contributed by atoms with van der Waals surface area (Å²) in [5, 5.41) is 0. The molecule has 13 heavy (non-hydrogen) atoms. The second-order valence-electron chi connectivity index (χ2n) is 3.82. The quantitative estimate of drug-likeness (QED) is 0.346. The summed E-state index contributed by atoms with van der Waals surface area (Å²) in [6, 6.07) is 0.411. The number of hydrogen-bond acceptors (Lipinski definition) is 3. The van der Waals surface area contributed by atoms with Gasteiger partial charge in [-0.1, -0.05) is 13.8 Å². The van der Waals surface area contributed by atoms with Crippen molar-refractivity contribution < 1.29 is 4.74 Å². The van der Waals surface area contributed by atoms with Crippen LogP contribution in [0.15, 0.2) is 0 Å². The maximum atomic E-state index is 5.44. The van der Waals surface area contributed by atoms with E-state index in [4.69, 9.17) is 10.6 Å². The van der Waals surface area contributed by atoms with Crippen LogP contribution in [0, 0.1) is 5.92 Å². The number of nitrogens with one attached hydrogen (secondary N) is 1. The molecule has 0 heterocycles. The molecule has 0 aromatic rings. The van der Waals surface area contributed by atoms with Crippen molar-refractivity contribution in [2.24, 2.45) is 11.8 Å². The normalized spacial score (nSPS) is 13.6. The van der Waals surface area contributed by atoms with Crippen LogP contribution in [0.2, 0.25) is 0 Å². The summed E-state index contributed by atoms with van der Waals surface area (Å²) >= 11 is 0. The van der Waals surface area contributed by atoms with Crippen molar-refractivity contribution in [3.63, 3.8) is 0 Å². The highest BCUT2D eigenvalue weighted by molar-refractivity contribution is 4.64. The lowest BCUT2D eigenvalue weighted by Gasteiger charge is -2.16. The summed E-state index contributed by atoms with van der Waals surface area (Å²) in [6.45, 7) is 8.08. The monoisotopic (exact) mass is 188 g/mol. The van der Waals surface area contributed by atoms with Crippen LogP contribution in [0.1, 0.15) is 40.0 Å². The molecule has 0 rings (SSSR count). The Balaban J connectivity index is 3.39. The average molecular weight is 188 g/mol. The van der Waals surface area contributed by atoms with Gasteiger partial charge in [0.1, 0.15) is 0 Å². The molecule has 0 aliphatic rings. The van der Waals surface area contributed by atoms with E-state index in [0.29, 0.717) is 6.04 Å². The second kappa shape index (κ2) is 8.48. The van der Waals surface area contributed by atoms with E-state index in [1.165, 1.54) is 6.42 Å². The summed E-state index contributed by atoms with van der Waals surface area (Å²) in [5.41, 5.74) is 2.84. The van der Waals surface area contributed by atoms with Gasteiger partial charge in [-0.15, -0.1) is 0 Å². The Kier molecular flexibility index (Phi) is 8.40. The minimum absolute atomic E-state index is 0.411. The molecule has 0 aliphatic carbocycles. The molecule has 0 radical (unpaired) electrons. The highest BCUT2D eigenvalue weighted by Gasteiger charge is 2.06. The van der Waals surface area contributed by atoms with E-state index in [1.54, 1.807) is 0 Å². The van der Waals surface area contributed by atoms with Crippen LogP contribution < -0.4 is 11.3 Å². The third-order valence-electron chi connectivity index (χ3n) is 2.14. The fourth-order valence-corrected chi connectivity index (χ4v) is 1.22. The van der Waals surface area contributed by atoms with Crippen LogP contribution in [0.5, 0.6) is 0 Å². The number of nitrogens with two attached hydrogens (primary N) is 1. The van der Waals surface area contributed by atoms with Crippen LogP contribution in [0.3, 0.4) is 0 Å². The van der Waals surface area contributed by atoms with Gasteiger partial charge in [-0.25, -0.2) is 0 Å². The highest BCUT2D eigenvalue weighted by atomic mass is 16.5. The van der Waals surface area contributed by atoms with Crippen LogP contribution in [-0.2, 0) is 4.74 Å².